The zero-order valence-corrected chi connectivity index (χ0v) is 27.6. The van der Waals surface area contributed by atoms with Crippen molar-refractivity contribution in [2.75, 3.05) is 46.5 Å². The second kappa shape index (κ2) is 13.4. The molecule has 3 aromatic carbocycles. The average molecular weight is 653 g/mol. The van der Waals surface area contributed by atoms with Crippen molar-refractivity contribution in [3.63, 3.8) is 0 Å². The van der Waals surface area contributed by atoms with Crippen molar-refractivity contribution in [3.8, 4) is 23.0 Å². The number of piperidine rings is 1. The number of methoxy groups -OCH3 is 4. The molecule has 2 unspecified atom stereocenters. The van der Waals surface area contributed by atoms with E-state index in [1.807, 2.05) is 12.1 Å². The number of amides is 1. The van der Waals surface area contributed by atoms with Gasteiger partial charge in [-0.25, -0.2) is 13.4 Å². The summed E-state index contributed by atoms with van der Waals surface area (Å²) in [5.41, 5.74) is 1.49. The summed E-state index contributed by atoms with van der Waals surface area (Å²) in [4.78, 5) is 18.8. The van der Waals surface area contributed by atoms with Crippen LogP contribution in [0.3, 0.4) is 0 Å². The minimum atomic E-state index is -3.71. The molecule has 11 nitrogen and oxygen atoms in total. The number of thiazole rings is 1. The minimum Gasteiger partial charge on any atom is -0.497 e. The maximum Gasteiger partial charge on any atom is 0.280 e. The van der Waals surface area contributed by atoms with Gasteiger partial charge in [-0.15, -0.1) is 0 Å². The summed E-state index contributed by atoms with van der Waals surface area (Å²) >= 11 is 1.27. The summed E-state index contributed by atoms with van der Waals surface area (Å²) in [6, 6.07) is 14.8. The summed E-state index contributed by atoms with van der Waals surface area (Å²) in [5, 5.41) is 6.05. The first-order chi connectivity index (χ1) is 21.6. The van der Waals surface area contributed by atoms with Crippen molar-refractivity contribution in [1.29, 1.82) is 0 Å². The van der Waals surface area contributed by atoms with Gasteiger partial charge in [0.25, 0.3) is 5.91 Å². The molecule has 1 saturated heterocycles. The van der Waals surface area contributed by atoms with E-state index in [0.29, 0.717) is 52.3 Å². The maximum atomic E-state index is 14.0. The highest BCUT2D eigenvalue weighted by molar-refractivity contribution is 7.89. The second-order valence-electron chi connectivity index (χ2n) is 10.9. The lowest BCUT2D eigenvalue weighted by Gasteiger charge is -2.34. The van der Waals surface area contributed by atoms with Crippen molar-refractivity contribution in [2.24, 2.45) is 16.9 Å². The van der Waals surface area contributed by atoms with Crippen molar-refractivity contribution >= 4 is 48.8 Å². The number of carbonyl (C=O) groups is 1. The van der Waals surface area contributed by atoms with Crippen LogP contribution in [0.4, 0.5) is 5.13 Å². The topological polar surface area (TPSA) is 120 Å². The Balaban J connectivity index is 1.51. The molecule has 238 valence electrons. The van der Waals surface area contributed by atoms with Crippen LogP contribution in [0.15, 0.2) is 64.6 Å². The molecule has 2 atom stereocenters. The molecule has 0 radical (unpaired) electrons. The molecular formula is C32H36N4O7S2. The van der Waals surface area contributed by atoms with E-state index in [1.54, 1.807) is 25.3 Å². The van der Waals surface area contributed by atoms with Gasteiger partial charge in [-0.1, -0.05) is 25.2 Å². The number of fused-ring (bicyclic) bond motifs is 1. The Morgan fingerprint density at radius 2 is 1.58 bits per heavy atom. The maximum absolute atomic E-state index is 14.0. The van der Waals surface area contributed by atoms with E-state index in [4.69, 9.17) is 18.9 Å². The monoisotopic (exact) mass is 652 g/mol. The van der Waals surface area contributed by atoms with E-state index >= 15 is 0 Å². The van der Waals surface area contributed by atoms with Crippen LogP contribution in [-0.4, -0.2) is 71.4 Å². The molecule has 13 heteroatoms. The summed E-state index contributed by atoms with van der Waals surface area (Å²) in [5.74, 6) is 1.99. The number of hydrazone groups is 1. The van der Waals surface area contributed by atoms with Crippen LogP contribution in [0.5, 0.6) is 23.0 Å². The van der Waals surface area contributed by atoms with Crippen LogP contribution in [0, 0.1) is 11.8 Å². The van der Waals surface area contributed by atoms with E-state index < -0.39 is 15.9 Å². The van der Waals surface area contributed by atoms with Crippen molar-refractivity contribution in [1.82, 2.24) is 9.29 Å². The van der Waals surface area contributed by atoms with Gasteiger partial charge in [0.2, 0.25) is 20.9 Å². The lowest BCUT2D eigenvalue weighted by molar-refractivity contribution is 0.0987. The number of sulfonamides is 1. The van der Waals surface area contributed by atoms with Gasteiger partial charge < -0.3 is 18.9 Å². The fourth-order valence-corrected chi connectivity index (χ4v) is 8.07. The number of hydrogen-bond donors (Lipinski definition) is 0. The first-order valence-corrected chi connectivity index (χ1v) is 16.6. The largest absolute Gasteiger partial charge is 0.497 e. The highest BCUT2D eigenvalue weighted by Gasteiger charge is 2.32. The van der Waals surface area contributed by atoms with E-state index in [9.17, 15) is 13.2 Å². The number of hydrogen-bond acceptors (Lipinski definition) is 10. The summed E-state index contributed by atoms with van der Waals surface area (Å²) in [7, 11) is 2.41. The number of nitrogens with zero attached hydrogens (tertiary/aromatic N) is 4. The minimum absolute atomic E-state index is 0.139. The number of rotatable bonds is 10. The Morgan fingerprint density at radius 1 is 0.933 bits per heavy atom. The molecule has 0 spiro atoms. The fraction of sp³-hybridized carbons (Fsp3) is 0.344. The van der Waals surface area contributed by atoms with E-state index in [0.717, 1.165) is 11.1 Å². The third-order valence-electron chi connectivity index (χ3n) is 7.54. The summed E-state index contributed by atoms with van der Waals surface area (Å²) < 4.78 is 50.9. The van der Waals surface area contributed by atoms with Crippen molar-refractivity contribution < 1.29 is 32.2 Å². The Kier molecular flexibility index (Phi) is 9.61. The molecule has 0 N–H and O–H groups in total. The molecule has 45 heavy (non-hydrogen) atoms. The van der Waals surface area contributed by atoms with Gasteiger partial charge in [0.1, 0.15) is 5.75 Å². The molecule has 1 fully saturated rings. The van der Waals surface area contributed by atoms with Gasteiger partial charge in [-0.05, 0) is 72.9 Å². The zero-order chi connectivity index (χ0) is 32.3. The highest BCUT2D eigenvalue weighted by Crippen LogP contribution is 2.38. The number of anilines is 1. The van der Waals surface area contributed by atoms with Crippen LogP contribution >= 0.6 is 11.3 Å². The standard InChI is InChI=1S/C32H36N4O7S2/c1-20-13-21(2)19-35(18-20)45(38,39)25-10-7-23(8-11-25)31(37)36(32-34-26-12-9-24(40-3)16-29(26)44-32)33-17-22-14-27(41-4)30(43-6)28(15-22)42-5/h7-12,14-17,20-21H,13,18-19H2,1-6H3/b33-17+. The van der Waals surface area contributed by atoms with Crippen LogP contribution in [0.1, 0.15) is 36.2 Å². The highest BCUT2D eigenvalue weighted by atomic mass is 32.2. The Labute approximate surface area is 267 Å². The Hall–Kier alpha value is -4.20. The van der Waals surface area contributed by atoms with Gasteiger partial charge >= 0.3 is 0 Å². The van der Waals surface area contributed by atoms with Gasteiger partial charge in [-0.2, -0.15) is 14.4 Å². The van der Waals surface area contributed by atoms with Crippen LogP contribution in [0.2, 0.25) is 0 Å². The average Bonchev–Trinajstić information content (AvgIpc) is 3.46. The zero-order valence-electron chi connectivity index (χ0n) is 26.0. The fourth-order valence-electron chi connectivity index (χ4n) is 5.44. The van der Waals surface area contributed by atoms with Crippen LogP contribution in [-0.2, 0) is 10.0 Å². The molecule has 4 aromatic rings. The van der Waals surface area contributed by atoms with Gasteiger partial charge in [0.05, 0.1) is 49.8 Å². The van der Waals surface area contributed by atoms with E-state index in [2.05, 4.69) is 23.9 Å². The van der Waals surface area contributed by atoms with E-state index in [-0.39, 0.29) is 22.3 Å². The second-order valence-corrected chi connectivity index (χ2v) is 13.9. The number of aromatic nitrogens is 1. The quantitative estimate of drug-likeness (QED) is 0.159. The molecule has 1 aliphatic heterocycles. The first kappa shape index (κ1) is 32.2. The molecule has 5 rings (SSSR count). The molecule has 1 aliphatic rings. The first-order valence-electron chi connectivity index (χ1n) is 14.3. The Bertz CT molecular complexity index is 1790. The normalized spacial score (nSPS) is 17.4. The van der Waals surface area contributed by atoms with Gasteiger partial charge in [0, 0.05) is 24.2 Å². The van der Waals surface area contributed by atoms with Gasteiger partial charge in [0.15, 0.2) is 11.5 Å². The van der Waals surface area contributed by atoms with E-state index in [1.165, 1.54) is 72.5 Å². The number of ether oxygens (including phenoxy) is 4. The summed E-state index contributed by atoms with van der Waals surface area (Å²) in [6.07, 6.45) is 2.48. The lowest BCUT2D eigenvalue weighted by atomic mass is 9.94. The molecular weight excluding hydrogens is 617 g/mol. The lowest BCUT2D eigenvalue weighted by Crippen LogP contribution is -2.42. The SMILES string of the molecule is COc1ccc2nc(N(/N=C/c3cc(OC)c(OC)c(OC)c3)C(=O)c3ccc(S(=O)(=O)N4CC(C)CC(C)C4)cc3)sc2c1. The molecule has 0 bridgehead atoms. The smallest absolute Gasteiger partial charge is 0.280 e. The molecule has 1 aromatic heterocycles. The number of benzene rings is 3. The molecule has 2 heterocycles. The predicted octanol–water partition coefficient (Wildman–Crippen LogP) is 5.68. The number of carbonyl (C=O) groups excluding carboxylic acids is 1. The molecule has 0 saturated carbocycles. The summed E-state index contributed by atoms with van der Waals surface area (Å²) in [6.45, 7) is 5.06. The third-order valence-corrected chi connectivity index (χ3v) is 10.4. The Morgan fingerprint density at radius 3 is 2.16 bits per heavy atom. The molecule has 1 amide bonds. The predicted molar refractivity (Wildman–Crippen MR) is 175 cm³/mol. The third kappa shape index (κ3) is 6.75. The van der Waals surface area contributed by atoms with Crippen LogP contribution in [0.25, 0.3) is 10.2 Å². The van der Waals surface area contributed by atoms with Crippen LogP contribution < -0.4 is 24.0 Å². The van der Waals surface area contributed by atoms with Crippen molar-refractivity contribution in [2.45, 2.75) is 25.2 Å². The van der Waals surface area contributed by atoms with Crippen molar-refractivity contribution in [3.05, 3.63) is 65.7 Å². The molecule has 0 aliphatic carbocycles. The van der Waals surface area contributed by atoms with Gasteiger partial charge in [-0.3, -0.25) is 4.79 Å².